The highest BCUT2D eigenvalue weighted by Gasteiger charge is 2.42. The van der Waals surface area contributed by atoms with E-state index in [2.05, 4.69) is 0 Å². The van der Waals surface area contributed by atoms with Crippen LogP contribution in [0.15, 0.2) is 42.5 Å². The number of carbonyl (C=O) groups is 1. The van der Waals surface area contributed by atoms with Gasteiger partial charge in [-0.3, -0.25) is 4.79 Å². The number of benzene rings is 2. The molecule has 2 N–H and O–H groups in total. The zero-order chi connectivity index (χ0) is 19.1. The van der Waals surface area contributed by atoms with E-state index in [0.29, 0.717) is 31.5 Å². The standard InChI is InChI=1S/C22H24ClNO3/c1-13-2-3-16(8-19(13)23)14-4-6-15(7-5-14)22(27)24-11-17-9-20(25)21(26)10-18(17)12-24/h2-8,17-18,20-21,25-26H,9-12H2,1H3. The zero-order valence-electron chi connectivity index (χ0n) is 15.3. The van der Waals surface area contributed by atoms with Gasteiger partial charge in [0, 0.05) is 23.7 Å². The first kappa shape index (κ1) is 18.5. The molecule has 4 nitrogen and oxygen atoms in total. The summed E-state index contributed by atoms with van der Waals surface area (Å²) >= 11 is 6.22. The molecular weight excluding hydrogens is 362 g/mol. The van der Waals surface area contributed by atoms with E-state index >= 15 is 0 Å². The Labute approximate surface area is 164 Å². The Kier molecular flexibility index (Phi) is 4.97. The molecular formula is C22H24ClNO3. The van der Waals surface area contributed by atoms with Crippen LogP contribution in [0.5, 0.6) is 0 Å². The predicted octanol–water partition coefficient (Wildman–Crippen LogP) is 3.52. The fourth-order valence-corrected chi connectivity index (χ4v) is 4.51. The molecule has 0 radical (unpaired) electrons. The molecule has 1 heterocycles. The summed E-state index contributed by atoms with van der Waals surface area (Å²) in [6.45, 7) is 3.28. The number of hydrogen-bond acceptors (Lipinski definition) is 3. The van der Waals surface area contributed by atoms with Crippen LogP contribution in [-0.2, 0) is 0 Å². The number of amides is 1. The van der Waals surface area contributed by atoms with Crippen molar-refractivity contribution in [3.8, 4) is 11.1 Å². The largest absolute Gasteiger partial charge is 0.390 e. The molecule has 1 saturated heterocycles. The van der Waals surface area contributed by atoms with Crippen LogP contribution in [0, 0.1) is 18.8 Å². The summed E-state index contributed by atoms with van der Waals surface area (Å²) in [6, 6.07) is 13.6. The lowest BCUT2D eigenvalue weighted by molar-refractivity contribution is -0.0372. The van der Waals surface area contributed by atoms with Crippen molar-refractivity contribution in [2.45, 2.75) is 32.0 Å². The van der Waals surface area contributed by atoms with Crippen LogP contribution < -0.4 is 0 Å². The minimum Gasteiger partial charge on any atom is -0.390 e. The Morgan fingerprint density at radius 2 is 1.52 bits per heavy atom. The number of aliphatic hydroxyl groups is 2. The molecule has 4 rings (SSSR count). The molecule has 2 fully saturated rings. The Balaban J connectivity index is 1.48. The second kappa shape index (κ2) is 7.27. The highest BCUT2D eigenvalue weighted by molar-refractivity contribution is 6.31. The monoisotopic (exact) mass is 385 g/mol. The molecule has 0 spiro atoms. The topological polar surface area (TPSA) is 60.8 Å². The summed E-state index contributed by atoms with van der Waals surface area (Å²) in [5.74, 6) is 0.574. The third-order valence-corrected chi connectivity index (χ3v) is 6.44. The van der Waals surface area contributed by atoms with E-state index in [-0.39, 0.29) is 17.7 Å². The number of hydrogen-bond donors (Lipinski definition) is 2. The molecule has 1 amide bonds. The Hall–Kier alpha value is -1.88. The number of aryl methyl sites for hydroxylation is 1. The van der Waals surface area contributed by atoms with Gasteiger partial charge in [0.2, 0.25) is 0 Å². The number of fused-ring (bicyclic) bond motifs is 1. The number of aliphatic hydroxyl groups excluding tert-OH is 2. The van der Waals surface area contributed by atoms with Crippen molar-refractivity contribution >= 4 is 17.5 Å². The van der Waals surface area contributed by atoms with Crippen LogP contribution in [0.25, 0.3) is 11.1 Å². The van der Waals surface area contributed by atoms with Crippen LogP contribution >= 0.6 is 11.6 Å². The maximum absolute atomic E-state index is 12.9. The summed E-state index contributed by atoms with van der Waals surface area (Å²) in [5.41, 5.74) is 3.75. The summed E-state index contributed by atoms with van der Waals surface area (Å²) in [4.78, 5) is 14.7. The normalized spacial score (nSPS) is 27.5. The van der Waals surface area contributed by atoms with E-state index in [1.807, 2.05) is 54.3 Å². The lowest BCUT2D eigenvalue weighted by atomic mass is 9.79. The molecule has 0 bridgehead atoms. The van der Waals surface area contributed by atoms with Crippen molar-refractivity contribution in [1.82, 2.24) is 4.90 Å². The van der Waals surface area contributed by atoms with Gasteiger partial charge in [0.25, 0.3) is 5.91 Å². The van der Waals surface area contributed by atoms with Crippen molar-refractivity contribution in [2.24, 2.45) is 11.8 Å². The van der Waals surface area contributed by atoms with Gasteiger partial charge in [-0.1, -0.05) is 35.9 Å². The molecule has 5 heteroatoms. The molecule has 4 unspecified atom stereocenters. The smallest absolute Gasteiger partial charge is 0.253 e. The third-order valence-electron chi connectivity index (χ3n) is 6.03. The van der Waals surface area contributed by atoms with E-state index < -0.39 is 12.2 Å². The highest BCUT2D eigenvalue weighted by atomic mass is 35.5. The molecule has 1 aliphatic heterocycles. The van der Waals surface area contributed by atoms with Crippen LogP contribution in [0.4, 0.5) is 0 Å². The molecule has 2 aliphatic rings. The number of rotatable bonds is 2. The van der Waals surface area contributed by atoms with Gasteiger partial charge >= 0.3 is 0 Å². The molecule has 2 aromatic carbocycles. The van der Waals surface area contributed by atoms with Crippen molar-refractivity contribution in [3.63, 3.8) is 0 Å². The second-order valence-corrected chi connectivity index (χ2v) is 8.28. The maximum atomic E-state index is 12.9. The number of nitrogens with zero attached hydrogens (tertiary/aromatic N) is 1. The summed E-state index contributed by atoms with van der Waals surface area (Å²) in [6.07, 6.45) is -0.185. The lowest BCUT2D eigenvalue weighted by Crippen LogP contribution is -2.38. The summed E-state index contributed by atoms with van der Waals surface area (Å²) in [5, 5.41) is 20.5. The minimum absolute atomic E-state index is 0.0156. The molecule has 1 aliphatic carbocycles. The lowest BCUT2D eigenvalue weighted by Gasteiger charge is -2.31. The SMILES string of the molecule is Cc1ccc(-c2ccc(C(=O)N3CC4CC(O)C(O)CC4C3)cc2)cc1Cl. The molecule has 142 valence electrons. The van der Waals surface area contributed by atoms with Gasteiger partial charge in [-0.05, 0) is 66.5 Å². The summed E-state index contributed by atoms with van der Waals surface area (Å²) in [7, 11) is 0. The van der Waals surface area contributed by atoms with Crippen molar-refractivity contribution in [3.05, 3.63) is 58.6 Å². The first-order valence-corrected chi connectivity index (χ1v) is 9.82. The average molecular weight is 386 g/mol. The summed E-state index contributed by atoms with van der Waals surface area (Å²) < 4.78 is 0. The molecule has 2 aromatic rings. The maximum Gasteiger partial charge on any atom is 0.253 e. The first-order valence-electron chi connectivity index (χ1n) is 9.44. The Morgan fingerprint density at radius 3 is 2.07 bits per heavy atom. The number of carbonyl (C=O) groups excluding carboxylic acids is 1. The van der Waals surface area contributed by atoms with E-state index in [4.69, 9.17) is 11.6 Å². The third kappa shape index (κ3) is 3.62. The highest BCUT2D eigenvalue weighted by Crippen LogP contribution is 2.37. The minimum atomic E-state index is -0.665. The predicted molar refractivity (Wildman–Crippen MR) is 106 cm³/mol. The van der Waals surface area contributed by atoms with Crippen molar-refractivity contribution < 1.29 is 15.0 Å². The van der Waals surface area contributed by atoms with Gasteiger partial charge in [0.15, 0.2) is 0 Å². The van der Waals surface area contributed by atoms with Crippen LogP contribution in [-0.4, -0.2) is 46.3 Å². The van der Waals surface area contributed by atoms with E-state index in [0.717, 1.165) is 21.7 Å². The van der Waals surface area contributed by atoms with Crippen LogP contribution in [0.3, 0.4) is 0 Å². The number of likely N-dealkylation sites (tertiary alicyclic amines) is 1. The first-order chi connectivity index (χ1) is 12.9. The van der Waals surface area contributed by atoms with Crippen molar-refractivity contribution in [2.75, 3.05) is 13.1 Å². The number of halogens is 1. The van der Waals surface area contributed by atoms with Crippen LogP contribution in [0.1, 0.15) is 28.8 Å². The average Bonchev–Trinajstić information content (AvgIpc) is 3.06. The van der Waals surface area contributed by atoms with Gasteiger partial charge in [0.05, 0.1) is 12.2 Å². The van der Waals surface area contributed by atoms with Crippen LogP contribution in [0.2, 0.25) is 5.02 Å². The van der Waals surface area contributed by atoms with Gasteiger partial charge in [-0.2, -0.15) is 0 Å². The van der Waals surface area contributed by atoms with Crippen molar-refractivity contribution in [1.29, 1.82) is 0 Å². The molecule has 27 heavy (non-hydrogen) atoms. The molecule has 4 atom stereocenters. The molecule has 1 saturated carbocycles. The van der Waals surface area contributed by atoms with E-state index in [1.54, 1.807) is 0 Å². The Morgan fingerprint density at radius 1 is 0.963 bits per heavy atom. The van der Waals surface area contributed by atoms with Gasteiger partial charge in [-0.15, -0.1) is 0 Å². The molecule has 0 aromatic heterocycles. The van der Waals surface area contributed by atoms with Gasteiger partial charge in [-0.25, -0.2) is 0 Å². The quantitative estimate of drug-likeness (QED) is 0.831. The van der Waals surface area contributed by atoms with E-state index in [1.165, 1.54) is 0 Å². The van der Waals surface area contributed by atoms with Gasteiger partial charge < -0.3 is 15.1 Å². The fraction of sp³-hybridized carbons (Fsp3) is 0.409. The zero-order valence-corrected chi connectivity index (χ0v) is 16.1. The fourth-order valence-electron chi connectivity index (χ4n) is 4.33. The van der Waals surface area contributed by atoms with Gasteiger partial charge in [0.1, 0.15) is 0 Å². The second-order valence-electron chi connectivity index (χ2n) is 7.88. The Bertz CT molecular complexity index is 833. The van der Waals surface area contributed by atoms with E-state index in [9.17, 15) is 15.0 Å².